The standard InChI is InChI=1S/C49H29N3O2/c1-2-10-30(11-3-1)31-20-22-32(23-21-31)47-50-48(52-49(51-47)40-15-9-19-44-46(40)39-13-5-7-17-42(39)54-44)36-27-25-33-28-35(26-24-34(33)29-36)37-14-8-18-43-45(37)38-12-4-6-16-41(38)53-43/h1-29H. The number of para-hydroxylation sites is 2. The molecule has 11 rings (SSSR count). The third kappa shape index (κ3) is 4.98. The molecular formula is C49H29N3O2. The average molecular weight is 692 g/mol. The number of rotatable bonds is 5. The molecule has 0 N–H and O–H groups in total. The average Bonchev–Trinajstić information content (AvgIpc) is 3.82. The number of hydrogen-bond donors (Lipinski definition) is 0. The second-order valence-electron chi connectivity index (χ2n) is 13.6. The van der Waals surface area contributed by atoms with E-state index in [4.69, 9.17) is 23.8 Å². The molecule has 0 aliphatic carbocycles. The molecule has 0 unspecified atom stereocenters. The Morgan fingerprint density at radius 3 is 1.44 bits per heavy atom. The van der Waals surface area contributed by atoms with Crippen molar-refractivity contribution in [3.63, 3.8) is 0 Å². The van der Waals surface area contributed by atoms with Crippen LogP contribution in [-0.4, -0.2) is 15.0 Å². The summed E-state index contributed by atoms with van der Waals surface area (Å²) in [6.45, 7) is 0. The largest absolute Gasteiger partial charge is 0.456 e. The van der Waals surface area contributed by atoms with Crippen LogP contribution in [0.15, 0.2) is 185 Å². The molecule has 0 fully saturated rings. The normalized spacial score (nSPS) is 11.7. The molecule has 0 atom stereocenters. The van der Waals surface area contributed by atoms with Crippen molar-refractivity contribution < 1.29 is 8.83 Å². The summed E-state index contributed by atoms with van der Waals surface area (Å²) in [7, 11) is 0. The fourth-order valence-electron chi connectivity index (χ4n) is 7.73. The van der Waals surface area contributed by atoms with Crippen LogP contribution in [0.5, 0.6) is 0 Å². The molecular weight excluding hydrogens is 663 g/mol. The molecule has 5 nitrogen and oxygen atoms in total. The van der Waals surface area contributed by atoms with E-state index in [1.54, 1.807) is 0 Å². The van der Waals surface area contributed by atoms with Crippen LogP contribution in [0.4, 0.5) is 0 Å². The van der Waals surface area contributed by atoms with Gasteiger partial charge in [-0.3, -0.25) is 0 Å². The molecule has 8 aromatic carbocycles. The van der Waals surface area contributed by atoms with Crippen LogP contribution >= 0.6 is 0 Å². The van der Waals surface area contributed by atoms with Crippen LogP contribution in [0.25, 0.3) is 111 Å². The number of benzene rings is 8. The van der Waals surface area contributed by atoms with Gasteiger partial charge in [-0.25, -0.2) is 15.0 Å². The molecule has 11 aromatic rings. The molecule has 252 valence electrons. The number of aromatic nitrogens is 3. The molecule has 5 heteroatoms. The zero-order valence-electron chi connectivity index (χ0n) is 28.9. The Morgan fingerprint density at radius 2 is 0.759 bits per heavy atom. The first-order valence-electron chi connectivity index (χ1n) is 18.0. The number of nitrogens with zero attached hydrogens (tertiary/aromatic N) is 3. The van der Waals surface area contributed by atoms with Crippen LogP contribution in [0.3, 0.4) is 0 Å². The molecule has 0 aliphatic heterocycles. The third-order valence-electron chi connectivity index (χ3n) is 10.3. The first kappa shape index (κ1) is 30.3. The minimum absolute atomic E-state index is 0.593. The van der Waals surface area contributed by atoms with E-state index in [2.05, 4.69) is 121 Å². The highest BCUT2D eigenvalue weighted by atomic mass is 16.3. The lowest BCUT2D eigenvalue weighted by Crippen LogP contribution is -2.00. The quantitative estimate of drug-likeness (QED) is 0.180. The molecule has 0 saturated carbocycles. The Balaban J connectivity index is 1.05. The van der Waals surface area contributed by atoms with E-state index in [1.165, 1.54) is 0 Å². The maximum atomic E-state index is 6.25. The summed E-state index contributed by atoms with van der Waals surface area (Å²) in [6.07, 6.45) is 0. The topological polar surface area (TPSA) is 65.0 Å². The van der Waals surface area contributed by atoms with Crippen LogP contribution in [0.1, 0.15) is 0 Å². The van der Waals surface area contributed by atoms with Gasteiger partial charge in [-0.15, -0.1) is 0 Å². The highest BCUT2D eigenvalue weighted by Gasteiger charge is 2.18. The molecule has 0 aliphatic rings. The van der Waals surface area contributed by atoms with Gasteiger partial charge in [-0.05, 0) is 69.4 Å². The zero-order valence-corrected chi connectivity index (χ0v) is 28.9. The molecule has 0 amide bonds. The molecule has 0 spiro atoms. The minimum Gasteiger partial charge on any atom is -0.456 e. The van der Waals surface area contributed by atoms with E-state index in [0.29, 0.717) is 17.5 Å². The van der Waals surface area contributed by atoms with E-state index < -0.39 is 0 Å². The number of hydrogen-bond acceptors (Lipinski definition) is 5. The Kier molecular flexibility index (Phi) is 6.79. The van der Waals surface area contributed by atoms with Gasteiger partial charge < -0.3 is 8.83 Å². The van der Waals surface area contributed by atoms with Crippen molar-refractivity contribution in [3.05, 3.63) is 176 Å². The van der Waals surface area contributed by atoms with E-state index in [9.17, 15) is 0 Å². The summed E-state index contributed by atoms with van der Waals surface area (Å²) in [5.74, 6) is 1.80. The van der Waals surface area contributed by atoms with Gasteiger partial charge in [0.25, 0.3) is 0 Å². The van der Waals surface area contributed by atoms with Crippen LogP contribution in [-0.2, 0) is 0 Å². The Bertz CT molecular complexity index is 3210. The first-order valence-corrected chi connectivity index (χ1v) is 18.0. The number of fused-ring (bicyclic) bond motifs is 7. The molecule has 3 aromatic heterocycles. The summed E-state index contributed by atoms with van der Waals surface area (Å²) in [5, 5.41) is 6.49. The Labute approximate surface area is 309 Å². The van der Waals surface area contributed by atoms with Crippen molar-refractivity contribution >= 4 is 54.6 Å². The summed E-state index contributed by atoms with van der Waals surface area (Å²) in [6, 6.07) is 60.5. The molecule has 0 bridgehead atoms. The predicted octanol–water partition coefficient (Wildman–Crippen LogP) is 13.2. The van der Waals surface area contributed by atoms with E-state index in [0.717, 1.165) is 93.6 Å². The molecule has 0 radical (unpaired) electrons. The van der Waals surface area contributed by atoms with Crippen molar-refractivity contribution in [1.82, 2.24) is 15.0 Å². The highest BCUT2D eigenvalue weighted by molar-refractivity contribution is 6.13. The lowest BCUT2D eigenvalue weighted by Gasteiger charge is -2.11. The zero-order chi connectivity index (χ0) is 35.6. The maximum Gasteiger partial charge on any atom is 0.164 e. The molecule has 54 heavy (non-hydrogen) atoms. The molecule has 3 heterocycles. The summed E-state index contributed by atoms with van der Waals surface area (Å²) < 4.78 is 12.4. The lowest BCUT2D eigenvalue weighted by atomic mass is 9.96. The second kappa shape index (κ2) is 12.1. The highest BCUT2D eigenvalue weighted by Crippen LogP contribution is 2.39. The Morgan fingerprint density at radius 1 is 0.296 bits per heavy atom. The van der Waals surface area contributed by atoms with Gasteiger partial charge in [0.15, 0.2) is 17.5 Å². The van der Waals surface area contributed by atoms with Gasteiger partial charge in [0, 0.05) is 38.2 Å². The predicted molar refractivity (Wildman–Crippen MR) is 219 cm³/mol. The smallest absolute Gasteiger partial charge is 0.164 e. The second-order valence-corrected chi connectivity index (χ2v) is 13.6. The fourth-order valence-corrected chi connectivity index (χ4v) is 7.73. The van der Waals surface area contributed by atoms with Gasteiger partial charge in [-0.2, -0.15) is 0 Å². The van der Waals surface area contributed by atoms with E-state index in [-0.39, 0.29) is 0 Å². The van der Waals surface area contributed by atoms with Gasteiger partial charge in [0.2, 0.25) is 0 Å². The Hall–Kier alpha value is -7.37. The summed E-state index contributed by atoms with van der Waals surface area (Å²) in [4.78, 5) is 15.4. The SMILES string of the molecule is c1ccc(-c2ccc(-c3nc(-c4ccc5cc(-c6cccc7oc8ccccc8c67)ccc5c4)nc(-c4cccc5oc6ccccc6c45)n3)cc2)cc1. The van der Waals surface area contributed by atoms with Crippen molar-refractivity contribution in [2.75, 3.05) is 0 Å². The maximum absolute atomic E-state index is 6.25. The molecule has 0 saturated heterocycles. The van der Waals surface area contributed by atoms with Gasteiger partial charge in [0.05, 0.1) is 0 Å². The van der Waals surface area contributed by atoms with Gasteiger partial charge >= 0.3 is 0 Å². The monoisotopic (exact) mass is 691 g/mol. The van der Waals surface area contributed by atoms with E-state index in [1.807, 2.05) is 54.6 Å². The fraction of sp³-hybridized carbons (Fsp3) is 0. The van der Waals surface area contributed by atoms with Crippen molar-refractivity contribution in [2.24, 2.45) is 0 Å². The number of furan rings is 2. The van der Waals surface area contributed by atoms with Crippen molar-refractivity contribution in [3.8, 4) is 56.4 Å². The minimum atomic E-state index is 0.593. The van der Waals surface area contributed by atoms with Gasteiger partial charge in [0.1, 0.15) is 22.3 Å². The third-order valence-corrected chi connectivity index (χ3v) is 10.3. The van der Waals surface area contributed by atoms with Crippen molar-refractivity contribution in [2.45, 2.75) is 0 Å². The first-order chi connectivity index (χ1) is 26.7. The van der Waals surface area contributed by atoms with Gasteiger partial charge in [-0.1, -0.05) is 140 Å². The van der Waals surface area contributed by atoms with Crippen LogP contribution < -0.4 is 0 Å². The van der Waals surface area contributed by atoms with E-state index >= 15 is 0 Å². The summed E-state index contributed by atoms with van der Waals surface area (Å²) >= 11 is 0. The van der Waals surface area contributed by atoms with Crippen LogP contribution in [0, 0.1) is 0 Å². The van der Waals surface area contributed by atoms with Crippen molar-refractivity contribution in [1.29, 1.82) is 0 Å². The summed E-state index contributed by atoms with van der Waals surface area (Å²) in [5.41, 5.74) is 10.7. The lowest BCUT2D eigenvalue weighted by molar-refractivity contribution is 0.668. The van der Waals surface area contributed by atoms with Crippen LogP contribution in [0.2, 0.25) is 0 Å².